The average Bonchev–Trinajstić information content (AvgIpc) is 2.49. The second kappa shape index (κ2) is 7.85. The van der Waals surface area contributed by atoms with Gasteiger partial charge in [-0.25, -0.2) is 9.78 Å². The molecule has 2 heterocycles. The highest BCUT2D eigenvalue weighted by Crippen LogP contribution is 2.10. The number of pyridine rings is 1. The number of aromatic nitrogens is 1. The fourth-order valence-electron chi connectivity index (χ4n) is 2.26. The van der Waals surface area contributed by atoms with Crippen molar-refractivity contribution >= 4 is 5.97 Å². The second-order valence-corrected chi connectivity index (χ2v) is 4.86. The summed E-state index contributed by atoms with van der Waals surface area (Å²) >= 11 is 0. The van der Waals surface area contributed by atoms with Crippen LogP contribution in [-0.2, 0) is 4.74 Å². The molecule has 110 valence electrons. The van der Waals surface area contributed by atoms with Gasteiger partial charge in [0.1, 0.15) is 6.61 Å². The predicted octanol–water partition coefficient (Wildman–Crippen LogP) is 2.12. The van der Waals surface area contributed by atoms with Gasteiger partial charge in [0.15, 0.2) is 0 Å². The molecule has 1 aliphatic heterocycles. The third kappa shape index (κ3) is 4.49. The maximum absolute atomic E-state index is 11.5. The van der Waals surface area contributed by atoms with E-state index in [1.807, 2.05) is 0 Å². The molecule has 2 rings (SSSR count). The van der Waals surface area contributed by atoms with E-state index in [1.54, 1.807) is 19.1 Å². The molecule has 0 bridgehead atoms. The molecule has 0 N–H and O–H groups in total. The normalized spacial score (nSPS) is 15.8. The molecule has 1 fully saturated rings. The van der Waals surface area contributed by atoms with E-state index in [0.717, 1.165) is 6.54 Å². The van der Waals surface area contributed by atoms with Crippen molar-refractivity contribution in [2.45, 2.75) is 26.2 Å². The number of piperidine rings is 1. The lowest BCUT2D eigenvalue weighted by Crippen LogP contribution is -2.33. The molecule has 0 aromatic carbocycles. The van der Waals surface area contributed by atoms with Crippen LogP contribution in [0.4, 0.5) is 0 Å². The first kappa shape index (κ1) is 14.8. The Labute approximate surface area is 119 Å². The van der Waals surface area contributed by atoms with Crippen LogP contribution in [0.5, 0.6) is 5.88 Å². The van der Waals surface area contributed by atoms with Crippen LogP contribution >= 0.6 is 0 Å². The Kier molecular flexibility index (Phi) is 5.80. The van der Waals surface area contributed by atoms with Crippen molar-refractivity contribution in [2.24, 2.45) is 0 Å². The Bertz CT molecular complexity index is 414. The van der Waals surface area contributed by atoms with Crippen LogP contribution in [0.25, 0.3) is 0 Å². The predicted molar refractivity (Wildman–Crippen MR) is 76.0 cm³/mol. The van der Waals surface area contributed by atoms with Gasteiger partial charge in [-0.15, -0.1) is 0 Å². The smallest absolute Gasteiger partial charge is 0.339 e. The standard InChI is InChI=1S/C15H22N2O3/c1-2-19-15(18)13-6-7-14(16-12-13)20-11-10-17-8-4-3-5-9-17/h6-7,12H,2-5,8-11H2,1H3. The lowest BCUT2D eigenvalue weighted by Gasteiger charge is -2.25. The summed E-state index contributed by atoms with van der Waals surface area (Å²) in [6, 6.07) is 3.39. The van der Waals surface area contributed by atoms with Gasteiger partial charge in [-0.2, -0.15) is 0 Å². The average molecular weight is 278 g/mol. The van der Waals surface area contributed by atoms with Crippen molar-refractivity contribution in [3.63, 3.8) is 0 Å². The summed E-state index contributed by atoms with van der Waals surface area (Å²) in [5, 5.41) is 0. The molecule has 0 saturated carbocycles. The van der Waals surface area contributed by atoms with Crippen molar-refractivity contribution in [3.8, 4) is 5.88 Å². The lowest BCUT2D eigenvalue weighted by atomic mass is 10.1. The maximum Gasteiger partial charge on any atom is 0.339 e. The van der Waals surface area contributed by atoms with Crippen molar-refractivity contribution in [3.05, 3.63) is 23.9 Å². The Hall–Kier alpha value is -1.62. The van der Waals surface area contributed by atoms with E-state index in [-0.39, 0.29) is 5.97 Å². The summed E-state index contributed by atoms with van der Waals surface area (Å²) in [6.07, 6.45) is 5.40. The third-order valence-electron chi connectivity index (χ3n) is 3.35. The summed E-state index contributed by atoms with van der Waals surface area (Å²) < 4.78 is 10.5. The number of likely N-dealkylation sites (tertiary alicyclic amines) is 1. The van der Waals surface area contributed by atoms with E-state index in [4.69, 9.17) is 9.47 Å². The molecule has 5 nitrogen and oxygen atoms in total. The van der Waals surface area contributed by atoms with Gasteiger partial charge in [0.05, 0.1) is 12.2 Å². The monoisotopic (exact) mass is 278 g/mol. The zero-order valence-corrected chi connectivity index (χ0v) is 12.0. The van der Waals surface area contributed by atoms with E-state index in [2.05, 4.69) is 9.88 Å². The molecule has 0 amide bonds. The van der Waals surface area contributed by atoms with Gasteiger partial charge in [-0.1, -0.05) is 6.42 Å². The van der Waals surface area contributed by atoms with E-state index in [0.29, 0.717) is 24.7 Å². The molecule has 5 heteroatoms. The second-order valence-electron chi connectivity index (χ2n) is 4.86. The minimum absolute atomic E-state index is 0.347. The number of rotatable bonds is 6. The minimum atomic E-state index is -0.347. The maximum atomic E-state index is 11.5. The Morgan fingerprint density at radius 1 is 1.30 bits per heavy atom. The molecular weight excluding hydrogens is 256 g/mol. The van der Waals surface area contributed by atoms with Gasteiger partial charge in [0, 0.05) is 18.8 Å². The van der Waals surface area contributed by atoms with Gasteiger partial charge in [0.25, 0.3) is 0 Å². The first-order chi connectivity index (χ1) is 9.79. The minimum Gasteiger partial charge on any atom is -0.476 e. The van der Waals surface area contributed by atoms with Crippen LogP contribution in [0.1, 0.15) is 36.5 Å². The third-order valence-corrected chi connectivity index (χ3v) is 3.35. The zero-order chi connectivity index (χ0) is 14.2. The van der Waals surface area contributed by atoms with Gasteiger partial charge >= 0.3 is 5.97 Å². The molecule has 0 atom stereocenters. The number of esters is 1. The fourth-order valence-corrected chi connectivity index (χ4v) is 2.26. The molecule has 0 spiro atoms. The van der Waals surface area contributed by atoms with E-state index >= 15 is 0 Å². The summed E-state index contributed by atoms with van der Waals surface area (Å²) in [7, 11) is 0. The molecular formula is C15H22N2O3. The van der Waals surface area contributed by atoms with Crippen LogP contribution in [0.3, 0.4) is 0 Å². The van der Waals surface area contributed by atoms with Crippen molar-refractivity contribution < 1.29 is 14.3 Å². The van der Waals surface area contributed by atoms with E-state index in [1.165, 1.54) is 38.5 Å². The molecule has 0 radical (unpaired) electrons. The fraction of sp³-hybridized carbons (Fsp3) is 0.600. The number of nitrogens with zero attached hydrogens (tertiary/aromatic N) is 2. The highest BCUT2D eigenvalue weighted by molar-refractivity contribution is 5.89. The first-order valence-corrected chi connectivity index (χ1v) is 7.28. The molecule has 1 saturated heterocycles. The van der Waals surface area contributed by atoms with Crippen LogP contribution in [0, 0.1) is 0 Å². The van der Waals surface area contributed by atoms with E-state index in [9.17, 15) is 4.79 Å². The van der Waals surface area contributed by atoms with Crippen molar-refractivity contribution in [1.29, 1.82) is 0 Å². The number of carbonyl (C=O) groups is 1. The van der Waals surface area contributed by atoms with Crippen LogP contribution < -0.4 is 4.74 Å². The highest BCUT2D eigenvalue weighted by Gasteiger charge is 2.10. The van der Waals surface area contributed by atoms with Crippen molar-refractivity contribution in [1.82, 2.24) is 9.88 Å². The van der Waals surface area contributed by atoms with Gasteiger partial charge in [-0.3, -0.25) is 4.90 Å². The SMILES string of the molecule is CCOC(=O)c1ccc(OCCN2CCCCC2)nc1. The topological polar surface area (TPSA) is 51.7 Å². The number of hydrogen-bond acceptors (Lipinski definition) is 5. The van der Waals surface area contributed by atoms with E-state index < -0.39 is 0 Å². The van der Waals surface area contributed by atoms with Gasteiger partial charge in [-0.05, 0) is 38.9 Å². The first-order valence-electron chi connectivity index (χ1n) is 7.28. The van der Waals surface area contributed by atoms with Crippen LogP contribution in [-0.4, -0.2) is 48.7 Å². The van der Waals surface area contributed by atoms with Gasteiger partial charge < -0.3 is 9.47 Å². The summed E-state index contributed by atoms with van der Waals surface area (Å²) in [4.78, 5) is 18.0. The molecule has 1 aromatic heterocycles. The van der Waals surface area contributed by atoms with Gasteiger partial charge in [0.2, 0.25) is 5.88 Å². The summed E-state index contributed by atoms with van der Waals surface area (Å²) in [6.45, 7) is 6.04. The Morgan fingerprint density at radius 3 is 2.75 bits per heavy atom. The largest absolute Gasteiger partial charge is 0.476 e. The number of hydrogen-bond donors (Lipinski definition) is 0. The number of ether oxygens (including phenoxy) is 2. The quantitative estimate of drug-likeness (QED) is 0.746. The Morgan fingerprint density at radius 2 is 2.10 bits per heavy atom. The Balaban J connectivity index is 1.74. The summed E-state index contributed by atoms with van der Waals surface area (Å²) in [5.74, 6) is 0.204. The molecule has 1 aromatic rings. The van der Waals surface area contributed by atoms with Crippen molar-refractivity contribution in [2.75, 3.05) is 32.8 Å². The van der Waals surface area contributed by atoms with Crippen LogP contribution in [0.15, 0.2) is 18.3 Å². The molecule has 1 aliphatic rings. The molecule has 20 heavy (non-hydrogen) atoms. The summed E-state index contributed by atoms with van der Waals surface area (Å²) in [5.41, 5.74) is 0.454. The molecule has 0 aliphatic carbocycles. The molecule has 0 unspecified atom stereocenters. The van der Waals surface area contributed by atoms with Crippen LogP contribution in [0.2, 0.25) is 0 Å². The lowest BCUT2D eigenvalue weighted by molar-refractivity contribution is 0.0526. The number of carbonyl (C=O) groups excluding carboxylic acids is 1. The zero-order valence-electron chi connectivity index (χ0n) is 12.0. The highest BCUT2D eigenvalue weighted by atomic mass is 16.5.